The Morgan fingerprint density at radius 1 is 1.37 bits per heavy atom. The van der Waals surface area contributed by atoms with Gasteiger partial charge in [0.2, 0.25) is 5.91 Å². The molecule has 1 aromatic carbocycles. The topological polar surface area (TPSA) is 69.6 Å². The van der Waals surface area contributed by atoms with Crippen molar-refractivity contribution in [3.05, 3.63) is 29.8 Å². The lowest BCUT2D eigenvalue weighted by molar-refractivity contribution is -0.121. The quantitative estimate of drug-likeness (QED) is 0.672. The van der Waals surface area contributed by atoms with Gasteiger partial charge in [0.15, 0.2) is 0 Å². The fraction of sp³-hybridized carbons (Fsp3) is 0.533. The third-order valence-electron chi connectivity index (χ3n) is 3.32. The molecule has 0 bridgehead atoms. The Kier molecular flexibility index (Phi) is 6.97. The number of aliphatic hydroxyl groups excluding tert-OH is 1. The van der Waals surface area contributed by atoms with Gasteiger partial charge < -0.3 is 15.5 Å². The van der Waals surface area contributed by atoms with E-state index >= 15 is 0 Å². The zero-order valence-electron chi connectivity index (χ0n) is 11.4. The molecule has 1 atom stereocenters. The van der Waals surface area contributed by atoms with E-state index in [4.69, 9.17) is 5.11 Å². The molecule has 1 aromatic rings. The first-order valence-electron chi connectivity index (χ1n) is 6.81. The number of carbonyl (C=O) groups is 1. The maximum atomic E-state index is 11.7. The second kappa shape index (κ2) is 8.53. The summed E-state index contributed by atoms with van der Waals surface area (Å²) in [5, 5.41) is 21.3. The highest BCUT2D eigenvalue weighted by atomic mass is 16.3. The van der Waals surface area contributed by atoms with Gasteiger partial charge in [-0.3, -0.25) is 4.79 Å². The lowest BCUT2D eigenvalue weighted by atomic mass is 10.0. The fourth-order valence-corrected chi connectivity index (χ4v) is 1.95. The van der Waals surface area contributed by atoms with E-state index in [-0.39, 0.29) is 18.3 Å². The van der Waals surface area contributed by atoms with Crippen molar-refractivity contribution < 1.29 is 15.0 Å². The standard InChI is InChI=1S/C15H23NO3/c1-2-12(9-10-17)11-16-15(19)8-7-13-5-3-4-6-14(13)18/h3-6,12,17-18H,2,7-11H2,1H3,(H,16,19). The van der Waals surface area contributed by atoms with Crippen molar-refractivity contribution in [3.8, 4) is 5.75 Å². The largest absolute Gasteiger partial charge is 0.508 e. The molecule has 0 saturated carbocycles. The summed E-state index contributed by atoms with van der Waals surface area (Å²) in [6.45, 7) is 2.82. The number of carbonyl (C=O) groups excluding carboxylic acids is 1. The summed E-state index contributed by atoms with van der Waals surface area (Å²) in [5.74, 6) is 0.556. The molecule has 0 radical (unpaired) electrons. The van der Waals surface area contributed by atoms with E-state index in [2.05, 4.69) is 12.2 Å². The van der Waals surface area contributed by atoms with E-state index in [1.807, 2.05) is 12.1 Å². The zero-order valence-corrected chi connectivity index (χ0v) is 11.4. The smallest absolute Gasteiger partial charge is 0.220 e. The van der Waals surface area contributed by atoms with E-state index in [1.165, 1.54) is 0 Å². The average Bonchev–Trinajstić information content (AvgIpc) is 2.42. The van der Waals surface area contributed by atoms with Crippen LogP contribution in [0.15, 0.2) is 24.3 Å². The maximum absolute atomic E-state index is 11.7. The maximum Gasteiger partial charge on any atom is 0.220 e. The summed E-state index contributed by atoms with van der Waals surface area (Å²) in [6, 6.07) is 7.06. The number of hydrogen-bond donors (Lipinski definition) is 3. The van der Waals surface area contributed by atoms with Gasteiger partial charge in [0.1, 0.15) is 5.75 Å². The van der Waals surface area contributed by atoms with Crippen LogP contribution in [-0.2, 0) is 11.2 Å². The number of amides is 1. The Morgan fingerprint density at radius 3 is 2.74 bits per heavy atom. The number of nitrogens with one attached hydrogen (secondary N) is 1. The Morgan fingerprint density at radius 2 is 2.11 bits per heavy atom. The number of aliphatic hydroxyl groups is 1. The van der Waals surface area contributed by atoms with Crippen LogP contribution in [-0.4, -0.2) is 29.3 Å². The Bertz CT molecular complexity index is 393. The molecule has 0 fully saturated rings. The predicted octanol–water partition coefficient (Wildman–Crippen LogP) is 1.85. The van der Waals surface area contributed by atoms with Crippen molar-refractivity contribution in [2.75, 3.05) is 13.2 Å². The van der Waals surface area contributed by atoms with Gasteiger partial charge in [-0.25, -0.2) is 0 Å². The Hall–Kier alpha value is -1.55. The number of hydrogen-bond acceptors (Lipinski definition) is 3. The van der Waals surface area contributed by atoms with Gasteiger partial charge in [-0.2, -0.15) is 0 Å². The van der Waals surface area contributed by atoms with E-state index < -0.39 is 0 Å². The first kappa shape index (κ1) is 15.5. The summed E-state index contributed by atoms with van der Waals surface area (Å²) in [7, 11) is 0. The van der Waals surface area contributed by atoms with Gasteiger partial charge in [-0.1, -0.05) is 31.5 Å². The molecule has 0 aliphatic carbocycles. The van der Waals surface area contributed by atoms with Crippen LogP contribution in [0.5, 0.6) is 5.75 Å². The number of phenolic OH excluding ortho intramolecular Hbond substituents is 1. The molecule has 19 heavy (non-hydrogen) atoms. The second-order valence-corrected chi connectivity index (χ2v) is 4.72. The number of phenols is 1. The number of aryl methyl sites for hydroxylation is 1. The molecule has 0 heterocycles. The van der Waals surface area contributed by atoms with E-state index in [0.29, 0.717) is 25.3 Å². The summed E-state index contributed by atoms with van der Waals surface area (Å²) in [5.41, 5.74) is 0.792. The van der Waals surface area contributed by atoms with Crippen LogP contribution in [0.2, 0.25) is 0 Å². The molecule has 1 amide bonds. The molecule has 4 nitrogen and oxygen atoms in total. The van der Waals surface area contributed by atoms with Crippen molar-refractivity contribution in [3.63, 3.8) is 0 Å². The van der Waals surface area contributed by atoms with Crippen LogP contribution in [0.1, 0.15) is 31.7 Å². The highest BCUT2D eigenvalue weighted by molar-refractivity contribution is 5.76. The molecule has 3 N–H and O–H groups in total. The normalized spacial score (nSPS) is 12.1. The summed E-state index contributed by atoms with van der Waals surface area (Å²) in [4.78, 5) is 11.7. The third kappa shape index (κ3) is 5.75. The predicted molar refractivity (Wildman–Crippen MR) is 74.9 cm³/mol. The lowest BCUT2D eigenvalue weighted by Gasteiger charge is -2.14. The number of benzene rings is 1. The van der Waals surface area contributed by atoms with Gasteiger partial charge >= 0.3 is 0 Å². The van der Waals surface area contributed by atoms with Crippen LogP contribution >= 0.6 is 0 Å². The van der Waals surface area contributed by atoms with Crippen molar-refractivity contribution in [1.29, 1.82) is 0 Å². The number of rotatable bonds is 8. The molecule has 4 heteroatoms. The second-order valence-electron chi connectivity index (χ2n) is 4.72. The lowest BCUT2D eigenvalue weighted by Crippen LogP contribution is -2.29. The minimum atomic E-state index is -0.0142. The van der Waals surface area contributed by atoms with Crippen molar-refractivity contribution in [2.24, 2.45) is 5.92 Å². The Balaban J connectivity index is 2.30. The number of aromatic hydroxyl groups is 1. The van der Waals surface area contributed by atoms with Crippen molar-refractivity contribution in [1.82, 2.24) is 5.32 Å². The van der Waals surface area contributed by atoms with Gasteiger partial charge in [-0.05, 0) is 30.4 Å². The zero-order chi connectivity index (χ0) is 14.1. The van der Waals surface area contributed by atoms with Gasteiger partial charge in [0.25, 0.3) is 0 Å². The van der Waals surface area contributed by atoms with Crippen LogP contribution < -0.4 is 5.32 Å². The molecule has 0 aromatic heterocycles. The fourth-order valence-electron chi connectivity index (χ4n) is 1.95. The molecular formula is C15H23NO3. The number of para-hydroxylation sites is 1. The van der Waals surface area contributed by atoms with Crippen LogP contribution in [0.25, 0.3) is 0 Å². The minimum Gasteiger partial charge on any atom is -0.508 e. The molecule has 0 aliphatic rings. The SMILES string of the molecule is CCC(CCO)CNC(=O)CCc1ccccc1O. The van der Waals surface area contributed by atoms with Crippen LogP contribution in [0.3, 0.4) is 0 Å². The molecule has 0 spiro atoms. The molecular weight excluding hydrogens is 242 g/mol. The summed E-state index contributed by atoms with van der Waals surface area (Å²) in [6.07, 6.45) is 2.57. The van der Waals surface area contributed by atoms with Crippen LogP contribution in [0.4, 0.5) is 0 Å². The van der Waals surface area contributed by atoms with E-state index in [1.54, 1.807) is 12.1 Å². The highest BCUT2D eigenvalue weighted by Gasteiger charge is 2.09. The highest BCUT2D eigenvalue weighted by Crippen LogP contribution is 2.17. The van der Waals surface area contributed by atoms with E-state index in [9.17, 15) is 9.90 Å². The van der Waals surface area contributed by atoms with Gasteiger partial charge in [0.05, 0.1) is 0 Å². The van der Waals surface area contributed by atoms with Gasteiger partial charge in [0, 0.05) is 19.6 Å². The first-order chi connectivity index (χ1) is 9.17. The Labute approximate surface area is 114 Å². The van der Waals surface area contributed by atoms with Crippen molar-refractivity contribution >= 4 is 5.91 Å². The molecule has 1 rings (SSSR count). The third-order valence-corrected chi connectivity index (χ3v) is 3.32. The summed E-state index contributed by atoms with van der Waals surface area (Å²) >= 11 is 0. The molecule has 106 valence electrons. The first-order valence-corrected chi connectivity index (χ1v) is 6.81. The molecule has 1 unspecified atom stereocenters. The molecule has 0 aliphatic heterocycles. The summed E-state index contributed by atoms with van der Waals surface area (Å²) < 4.78 is 0. The monoisotopic (exact) mass is 265 g/mol. The molecule has 0 saturated heterocycles. The van der Waals surface area contributed by atoms with Gasteiger partial charge in [-0.15, -0.1) is 0 Å². The van der Waals surface area contributed by atoms with Crippen molar-refractivity contribution in [2.45, 2.75) is 32.6 Å². The van der Waals surface area contributed by atoms with E-state index in [0.717, 1.165) is 18.4 Å². The minimum absolute atomic E-state index is 0.0142. The average molecular weight is 265 g/mol. The van der Waals surface area contributed by atoms with Crippen LogP contribution in [0, 0.1) is 5.92 Å².